The Morgan fingerprint density at radius 1 is 0.972 bits per heavy atom. The highest BCUT2D eigenvalue weighted by Gasteiger charge is 2.63. The number of fused-ring (bicyclic) bond motifs is 5. The second-order valence-corrected chi connectivity index (χ2v) is 9.60. The Labute approximate surface area is 206 Å². The number of amides is 3. The van der Waals surface area contributed by atoms with Crippen LogP contribution in [0.5, 0.6) is 5.75 Å². The first-order chi connectivity index (χ1) is 17.2. The highest BCUT2D eigenvalue weighted by molar-refractivity contribution is 6.10. The summed E-state index contributed by atoms with van der Waals surface area (Å²) in [6, 6.07) is 9.98. The second kappa shape index (κ2) is 8.85. The van der Waals surface area contributed by atoms with Crippen LogP contribution in [0, 0.1) is 33.8 Å². The quantitative estimate of drug-likeness (QED) is 0.252. The highest BCUT2D eigenvalue weighted by atomic mass is 16.6. The monoisotopic (exact) mass is 491 g/mol. The van der Waals surface area contributed by atoms with Crippen LogP contribution in [0.1, 0.15) is 46.9 Å². The molecule has 0 spiro atoms. The lowest BCUT2D eigenvalue weighted by atomic mass is 9.81. The Bertz CT molecular complexity index is 1230. The lowest BCUT2D eigenvalue weighted by molar-refractivity contribution is -0.384. The fourth-order valence-corrected chi connectivity index (χ4v) is 6.01. The molecule has 1 heterocycles. The van der Waals surface area contributed by atoms with E-state index in [2.05, 4.69) is 0 Å². The number of nitro groups is 1. The van der Waals surface area contributed by atoms with Crippen molar-refractivity contribution in [3.05, 3.63) is 69.8 Å². The Balaban J connectivity index is 1.52. The van der Waals surface area contributed by atoms with Crippen LogP contribution in [0.25, 0.3) is 0 Å². The molecule has 2 aromatic carbocycles. The summed E-state index contributed by atoms with van der Waals surface area (Å²) in [4.78, 5) is 64.7. The minimum atomic E-state index is -1.19. The number of nitro benzene ring substituents is 1. The molecule has 5 rings (SSSR count). The van der Waals surface area contributed by atoms with Crippen LogP contribution < -0.4 is 4.74 Å². The molecule has 2 aromatic rings. The molecule has 3 amide bonds. The summed E-state index contributed by atoms with van der Waals surface area (Å²) < 4.78 is 5.14. The number of carbonyl (C=O) groups is 4. The van der Waals surface area contributed by atoms with E-state index in [1.165, 1.54) is 38.3 Å². The lowest BCUT2D eigenvalue weighted by Gasteiger charge is -2.35. The molecule has 3 aliphatic rings. The maximum absolute atomic E-state index is 13.7. The number of Topliss-reactive ketones (excluding diaryl/α,β-unsaturated/α-hetero) is 1. The Hall–Kier alpha value is -4.08. The fourth-order valence-electron chi connectivity index (χ4n) is 6.01. The molecule has 10 nitrogen and oxygen atoms in total. The molecule has 2 bridgehead atoms. The smallest absolute Gasteiger partial charge is 0.273 e. The lowest BCUT2D eigenvalue weighted by Crippen LogP contribution is -2.56. The third-order valence-electron chi connectivity index (χ3n) is 7.77. The maximum atomic E-state index is 13.7. The van der Waals surface area contributed by atoms with Crippen molar-refractivity contribution in [3.63, 3.8) is 0 Å². The number of imide groups is 1. The number of ketones is 1. The molecule has 1 aliphatic heterocycles. The van der Waals surface area contributed by atoms with Crippen molar-refractivity contribution in [1.82, 2.24) is 10.0 Å². The van der Waals surface area contributed by atoms with E-state index in [4.69, 9.17) is 4.74 Å². The van der Waals surface area contributed by atoms with Gasteiger partial charge in [-0.15, -0.1) is 0 Å². The van der Waals surface area contributed by atoms with Crippen LogP contribution in [0.15, 0.2) is 48.5 Å². The minimum Gasteiger partial charge on any atom is -0.497 e. The second-order valence-electron chi connectivity index (χ2n) is 9.60. The van der Waals surface area contributed by atoms with Gasteiger partial charge in [-0.2, -0.15) is 5.01 Å². The predicted octanol–water partition coefficient (Wildman–Crippen LogP) is 3.26. The number of hydrogen-bond donors (Lipinski definition) is 0. The van der Waals surface area contributed by atoms with E-state index in [0.29, 0.717) is 5.75 Å². The zero-order valence-corrected chi connectivity index (χ0v) is 19.8. The van der Waals surface area contributed by atoms with Gasteiger partial charge in [-0.05, 0) is 74.4 Å². The first-order valence-electron chi connectivity index (χ1n) is 11.9. The molecule has 0 unspecified atom stereocenters. The van der Waals surface area contributed by atoms with E-state index in [0.717, 1.165) is 29.3 Å². The summed E-state index contributed by atoms with van der Waals surface area (Å²) >= 11 is 0. The number of hydrazine groups is 1. The van der Waals surface area contributed by atoms with E-state index in [-0.39, 0.29) is 28.7 Å². The van der Waals surface area contributed by atoms with E-state index in [9.17, 15) is 29.3 Å². The zero-order valence-electron chi connectivity index (χ0n) is 19.8. The molecule has 10 heteroatoms. The van der Waals surface area contributed by atoms with Crippen LogP contribution in [-0.2, 0) is 9.59 Å². The molecule has 5 atom stereocenters. The van der Waals surface area contributed by atoms with Gasteiger partial charge in [0.15, 0.2) is 5.78 Å². The number of rotatable bonds is 7. The topological polar surface area (TPSA) is 127 Å². The fraction of sp³-hybridized carbons (Fsp3) is 0.385. The maximum Gasteiger partial charge on any atom is 0.273 e. The number of non-ortho nitro benzene ring substituents is 1. The van der Waals surface area contributed by atoms with Crippen molar-refractivity contribution in [1.29, 1.82) is 0 Å². The number of nitrogens with zero attached hydrogens (tertiary/aromatic N) is 3. The van der Waals surface area contributed by atoms with E-state index in [1.807, 2.05) is 0 Å². The number of methoxy groups -OCH3 is 1. The number of carbonyl (C=O) groups excluding carboxylic acids is 4. The Morgan fingerprint density at radius 2 is 1.50 bits per heavy atom. The highest BCUT2D eigenvalue weighted by Crippen LogP contribution is 2.56. The van der Waals surface area contributed by atoms with Crippen LogP contribution in [-0.4, -0.2) is 51.6 Å². The predicted molar refractivity (Wildman–Crippen MR) is 126 cm³/mol. The van der Waals surface area contributed by atoms with Crippen molar-refractivity contribution < 1.29 is 28.8 Å². The van der Waals surface area contributed by atoms with E-state index >= 15 is 0 Å². The number of ether oxygens (including phenoxy) is 1. The van der Waals surface area contributed by atoms with Gasteiger partial charge in [-0.25, -0.2) is 5.01 Å². The van der Waals surface area contributed by atoms with Gasteiger partial charge < -0.3 is 4.74 Å². The summed E-state index contributed by atoms with van der Waals surface area (Å²) in [6.45, 7) is 1.47. The molecule has 1 saturated heterocycles. The average molecular weight is 492 g/mol. The summed E-state index contributed by atoms with van der Waals surface area (Å²) in [5, 5.41) is 12.9. The Kier molecular flexibility index (Phi) is 5.82. The van der Waals surface area contributed by atoms with Gasteiger partial charge >= 0.3 is 0 Å². The largest absolute Gasteiger partial charge is 0.497 e. The van der Waals surface area contributed by atoms with Crippen molar-refractivity contribution >= 4 is 29.2 Å². The normalized spacial score (nSPS) is 25.0. The molecule has 0 N–H and O–H groups in total. The van der Waals surface area contributed by atoms with Crippen LogP contribution in [0.4, 0.5) is 5.69 Å². The zero-order chi connectivity index (χ0) is 25.7. The van der Waals surface area contributed by atoms with Gasteiger partial charge in [0.2, 0.25) is 0 Å². The molecular formula is C26H25N3O7. The van der Waals surface area contributed by atoms with Crippen molar-refractivity contribution in [3.8, 4) is 5.75 Å². The van der Waals surface area contributed by atoms with E-state index < -0.39 is 46.3 Å². The van der Waals surface area contributed by atoms with Crippen LogP contribution in [0.2, 0.25) is 0 Å². The van der Waals surface area contributed by atoms with Gasteiger partial charge in [0.25, 0.3) is 23.4 Å². The van der Waals surface area contributed by atoms with Crippen LogP contribution in [0.3, 0.4) is 0 Å². The third kappa shape index (κ3) is 3.64. The van der Waals surface area contributed by atoms with Crippen LogP contribution >= 0.6 is 0 Å². The molecule has 2 saturated carbocycles. The molecule has 3 fully saturated rings. The standard InChI is InChI=1S/C26H25N3O7/c1-14(23(30)15-7-11-20(36-2)12-8-15)27(24(31)16-5-9-19(10-6-16)29(34)35)28-25(32)21-17-3-4-18(13-17)22(21)26(28)33/h5-12,14,17-18,21-22H,3-4,13H2,1-2H3/t14-,17+,18+,21-,22+/m1/s1. The average Bonchev–Trinajstić information content (AvgIpc) is 3.58. The van der Waals surface area contributed by atoms with Gasteiger partial charge in [0.1, 0.15) is 11.8 Å². The molecule has 0 radical (unpaired) electrons. The summed E-state index contributed by atoms with van der Waals surface area (Å²) in [7, 11) is 1.50. The number of benzene rings is 2. The molecule has 2 aliphatic carbocycles. The SMILES string of the molecule is COc1ccc(C(=O)[C@@H](C)N(C(=O)c2ccc([N+](=O)[O-])cc2)N2C(=O)[C@@H]3[C@H]4CC[C@@H](C4)[C@@H]3C2=O)cc1. The van der Waals surface area contributed by atoms with E-state index in [1.54, 1.807) is 24.3 Å². The first-order valence-corrected chi connectivity index (χ1v) is 11.9. The van der Waals surface area contributed by atoms with Gasteiger partial charge in [-0.3, -0.25) is 29.3 Å². The summed E-state index contributed by atoms with van der Waals surface area (Å²) in [5.41, 5.74) is 0.0969. The third-order valence-corrected chi connectivity index (χ3v) is 7.77. The minimum absolute atomic E-state index is 0.0237. The number of hydrogen-bond acceptors (Lipinski definition) is 7. The first kappa shape index (κ1) is 23.7. The summed E-state index contributed by atoms with van der Waals surface area (Å²) in [5.74, 6) is -2.34. The van der Waals surface area contributed by atoms with Gasteiger partial charge in [-0.1, -0.05) is 0 Å². The molecule has 0 aromatic heterocycles. The Morgan fingerprint density at radius 3 is 2.00 bits per heavy atom. The van der Waals surface area contributed by atoms with Gasteiger partial charge in [0, 0.05) is 23.3 Å². The van der Waals surface area contributed by atoms with Crippen molar-refractivity contribution in [2.45, 2.75) is 32.2 Å². The van der Waals surface area contributed by atoms with Crippen molar-refractivity contribution in [2.75, 3.05) is 7.11 Å². The van der Waals surface area contributed by atoms with Crippen molar-refractivity contribution in [2.24, 2.45) is 23.7 Å². The summed E-state index contributed by atoms with van der Waals surface area (Å²) in [6.07, 6.45) is 2.57. The van der Waals surface area contributed by atoms with Gasteiger partial charge in [0.05, 0.1) is 23.9 Å². The molecule has 186 valence electrons. The molecule has 36 heavy (non-hydrogen) atoms. The molecular weight excluding hydrogens is 466 g/mol.